The van der Waals surface area contributed by atoms with Crippen molar-refractivity contribution in [3.05, 3.63) is 23.8 Å². The summed E-state index contributed by atoms with van der Waals surface area (Å²) in [5.41, 5.74) is 2.24. The number of anilines is 1. The van der Waals surface area contributed by atoms with Crippen molar-refractivity contribution in [2.45, 2.75) is 33.6 Å². The van der Waals surface area contributed by atoms with Gasteiger partial charge >= 0.3 is 0 Å². The van der Waals surface area contributed by atoms with Gasteiger partial charge in [-0.05, 0) is 17.5 Å². The summed E-state index contributed by atoms with van der Waals surface area (Å²) in [6.07, 6.45) is 0. The highest BCUT2D eigenvalue weighted by Gasteiger charge is 2.13. The predicted molar refractivity (Wildman–Crippen MR) is 77.2 cm³/mol. The summed E-state index contributed by atoms with van der Waals surface area (Å²) in [7, 11) is 0. The van der Waals surface area contributed by atoms with E-state index in [1.54, 1.807) is 0 Å². The van der Waals surface area contributed by atoms with Crippen LogP contribution in [0.2, 0.25) is 0 Å². The number of nitrogens with one attached hydrogen (secondary N) is 1. The second-order valence-corrected chi connectivity index (χ2v) is 6.04. The highest BCUT2D eigenvalue weighted by atomic mass is 32.1. The van der Waals surface area contributed by atoms with Gasteiger partial charge in [-0.1, -0.05) is 51.2 Å². The molecule has 1 heterocycles. The van der Waals surface area contributed by atoms with Crippen molar-refractivity contribution in [3.63, 3.8) is 0 Å². The van der Waals surface area contributed by atoms with Crippen LogP contribution >= 0.6 is 11.3 Å². The van der Waals surface area contributed by atoms with Gasteiger partial charge < -0.3 is 5.32 Å². The number of hydrogen-bond donors (Lipinski definition) is 1. The maximum Gasteiger partial charge on any atom is 0.228 e. The van der Waals surface area contributed by atoms with Gasteiger partial charge in [-0.25, -0.2) is 4.98 Å². The number of benzene rings is 1. The molecule has 1 N–H and O–H groups in total. The van der Waals surface area contributed by atoms with Gasteiger partial charge in [-0.2, -0.15) is 0 Å². The number of para-hydroxylation sites is 1. The van der Waals surface area contributed by atoms with Gasteiger partial charge in [0.2, 0.25) is 5.91 Å². The molecule has 0 radical (unpaired) electrons. The lowest BCUT2D eigenvalue weighted by atomic mass is 10.0. The van der Waals surface area contributed by atoms with E-state index in [2.05, 4.69) is 30.2 Å². The number of hydrogen-bond acceptors (Lipinski definition) is 3. The van der Waals surface area contributed by atoms with Crippen molar-refractivity contribution in [1.82, 2.24) is 4.98 Å². The Labute approximate surface area is 111 Å². The topological polar surface area (TPSA) is 42.0 Å². The van der Waals surface area contributed by atoms with Crippen molar-refractivity contribution >= 4 is 32.6 Å². The van der Waals surface area contributed by atoms with E-state index in [0.717, 1.165) is 10.2 Å². The monoisotopic (exact) mass is 262 g/mol. The third-order valence-electron chi connectivity index (χ3n) is 2.83. The van der Waals surface area contributed by atoms with Crippen LogP contribution in [0.3, 0.4) is 0 Å². The molecule has 0 saturated heterocycles. The van der Waals surface area contributed by atoms with Gasteiger partial charge in [0.05, 0.1) is 10.2 Å². The fraction of sp³-hybridized carbons (Fsp3) is 0.429. The Morgan fingerprint density at radius 1 is 1.28 bits per heavy atom. The molecule has 0 bridgehead atoms. The largest absolute Gasteiger partial charge is 0.302 e. The lowest BCUT2D eigenvalue weighted by molar-refractivity contribution is -0.118. The van der Waals surface area contributed by atoms with Crippen LogP contribution in [0.1, 0.15) is 39.2 Å². The van der Waals surface area contributed by atoms with Crippen molar-refractivity contribution in [2.75, 3.05) is 5.32 Å². The van der Waals surface area contributed by atoms with Crippen LogP contribution in [0.4, 0.5) is 5.13 Å². The number of amides is 1. The third-order valence-corrected chi connectivity index (χ3v) is 3.76. The molecule has 96 valence electrons. The number of fused-ring (bicyclic) bond motifs is 1. The first-order valence-electron chi connectivity index (χ1n) is 6.19. The summed E-state index contributed by atoms with van der Waals surface area (Å²) in [4.78, 5) is 16.2. The second kappa shape index (κ2) is 5.06. The molecule has 0 spiro atoms. The molecule has 1 amide bonds. The van der Waals surface area contributed by atoms with E-state index in [-0.39, 0.29) is 11.8 Å². The molecule has 0 unspecified atom stereocenters. The molecular formula is C14H18N2OS. The molecule has 0 aliphatic rings. The Kier molecular flexibility index (Phi) is 3.66. The van der Waals surface area contributed by atoms with Crippen LogP contribution < -0.4 is 5.32 Å². The van der Waals surface area contributed by atoms with Gasteiger partial charge in [-0.3, -0.25) is 4.79 Å². The standard InChI is InChI=1S/C14H18N2OS/c1-8(2)10-6-5-7-11-12(10)15-14(18-11)16-13(17)9(3)4/h5-9H,1-4H3,(H,15,16,17). The lowest BCUT2D eigenvalue weighted by Crippen LogP contribution is -2.17. The summed E-state index contributed by atoms with van der Waals surface area (Å²) in [5, 5.41) is 3.56. The minimum Gasteiger partial charge on any atom is -0.302 e. The van der Waals surface area contributed by atoms with Crippen LogP contribution in [-0.4, -0.2) is 10.9 Å². The quantitative estimate of drug-likeness (QED) is 0.908. The average Bonchev–Trinajstić information content (AvgIpc) is 2.70. The van der Waals surface area contributed by atoms with E-state index in [1.807, 2.05) is 26.0 Å². The second-order valence-electron chi connectivity index (χ2n) is 5.01. The number of thiazole rings is 1. The molecule has 2 rings (SSSR count). The average molecular weight is 262 g/mol. The first kappa shape index (κ1) is 13.0. The van der Waals surface area contributed by atoms with Gasteiger partial charge in [0, 0.05) is 5.92 Å². The summed E-state index contributed by atoms with van der Waals surface area (Å²) in [5.74, 6) is 0.422. The Morgan fingerprint density at radius 2 is 2.00 bits per heavy atom. The van der Waals surface area contributed by atoms with E-state index < -0.39 is 0 Å². The molecule has 0 atom stereocenters. The fourth-order valence-corrected chi connectivity index (χ4v) is 2.64. The van der Waals surface area contributed by atoms with Crippen LogP contribution in [0.25, 0.3) is 10.2 Å². The van der Waals surface area contributed by atoms with E-state index in [0.29, 0.717) is 11.0 Å². The summed E-state index contributed by atoms with van der Waals surface area (Å²) >= 11 is 1.53. The van der Waals surface area contributed by atoms with Crippen LogP contribution in [0.5, 0.6) is 0 Å². The van der Waals surface area contributed by atoms with Crippen LogP contribution in [-0.2, 0) is 4.79 Å². The van der Waals surface area contributed by atoms with Gasteiger partial charge in [0.25, 0.3) is 0 Å². The zero-order chi connectivity index (χ0) is 13.3. The summed E-state index contributed by atoms with van der Waals surface area (Å²) in [6, 6.07) is 6.19. The van der Waals surface area contributed by atoms with Gasteiger partial charge in [0.1, 0.15) is 0 Å². The zero-order valence-electron chi connectivity index (χ0n) is 11.2. The minimum absolute atomic E-state index is 0.0140. The molecule has 4 heteroatoms. The SMILES string of the molecule is CC(C)C(=O)Nc1nc2c(C(C)C)cccc2s1. The van der Waals surface area contributed by atoms with E-state index >= 15 is 0 Å². The van der Waals surface area contributed by atoms with E-state index in [9.17, 15) is 4.79 Å². The highest BCUT2D eigenvalue weighted by molar-refractivity contribution is 7.22. The Bertz CT molecular complexity index is 572. The molecule has 0 aliphatic carbocycles. The van der Waals surface area contributed by atoms with Gasteiger partial charge in [-0.15, -0.1) is 0 Å². The smallest absolute Gasteiger partial charge is 0.228 e. The molecule has 0 aliphatic heterocycles. The highest BCUT2D eigenvalue weighted by Crippen LogP contribution is 2.31. The van der Waals surface area contributed by atoms with Crippen LogP contribution in [0.15, 0.2) is 18.2 Å². The first-order valence-corrected chi connectivity index (χ1v) is 7.01. The number of nitrogens with zero attached hydrogens (tertiary/aromatic N) is 1. The van der Waals surface area contributed by atoms with Crippen LogP contribution in [0, 0.1) is 5.92 Å². The number of aromatic nitrogens is 1. The van der Waals surface area contributed by atoms with Crippen molar-refractivity contribution in [3.8, 4) is 0 Å². The van der Waals surface area contributed by atoms with Crippen molar-refractivity contribution in [1.29, 1.82) is 0 Å². The maximum absolute atomic E-state index is 11.7. The molecule has 1 aromatic heterocycles. The lowest BCUT2D eigenvalue weighted by Gasteiger charge is -2.05. The zero-order valence-corrected chi connectivity index (χ0v) is 12.0. The molecule has 0 saturated carbocycles. The Hall–Kier alpha value is -1.42. The number of carbonyl (C=O) groups excluding carboxylic acids is 1. The summed E-state index contributed by atoms with van der Waals surface area (Å²) in [6.45, 7) is 8.06. The van der Waals surface area contributed by atoms with E-state index in [4.69, 9.17) is 0 Å². The summed E-state index contributed by atoms with van der Waals surface area (Å²) < 4.78 is 1.13. The molecular weight excluding hydrogens is 244 g/mol. The van der Waals surface area contributed by atoms with Crippen molar-refractivity contribution in [2.24, 2.45) is 5.92 Å². The van der Waals surface area contributed by atoms with E-state index in [1.165, 1.54) is 16.9 Å². The number of rotatable bonds is 3. The Morgan fingerprint density at radius 3 is 2.61 bits per heavy atom. The molecule has 3 nitrogen and oxygen atoms in total. The molecule has 1 aromatic carbocycles. The first-order chi connectivity index (χ1) is 8.49. The molecule has 0 fully saturated rings. The third kappa shape index (κ3) is 2.53. The Balaban J connectivity index is 2.38. The molecule has 2 aromatic rings. The normalized spacial score (nSPS) is 11.4. The van der Waals surface area contributed by atoms with Crippen molar-refractivity contribution < 1.29 is 4.79 Å². The maximum atomic E-state index is 11.7. The predicted octanol–water partition coefficient (Wildman–Crippen LogP) is 4.01. The molecule has 18 heavy (non-hydrogen) atoms. The fourth-order valence-electron chi connectivity index (χ4n) is 1.74. The minimum atomic E-state index is -0.0263. The number of carbonyl (C=O) groups is 1. The van der Waals surface area contributed by atoms with Gasteiger partial charge in [0.15, 0.2) is 5.13 Å².